The minimum absolute atomic E-state index is 0. The zero-order valence-electron chi connectivity index (χ0n) is 4.95. The molecule has 0 saturated heterocycles. The van der Waals surface area contributed by atoms with Crippen molar-refractivity contribution in [2.45, 2.75) is 0 Å². The molecule has 0 aliphatic carbocycles. The number of rotatable bonds is 0. The average Bonchev–Trinajstić information content (AvgIpc) is 0. The van der Waals surface area contributed by atoms with Gasteiger partial charge in [0, 0.05) is 0 Å². The molecule has 48 valence electrons. The Morgan fingerprint density at radius 1 is 0.286 bits per heavy atom. The molecule has 0 saturated carbocycles. The molecule has 0 aromatic rings. The van der Waals surface area contributed by atoms with Gasteiger partial charge in [0.15, 0.2) is 0 Å². The minimum atomic E-state index is 0. The molecule has 6 nitrogen and oxygen atoms in total. The molecule has 7 heavy (non-hydrogen) atoms. The van der Waals surface area contributed by atoms with E-state index >= 15 is 0 Å². The number of hydrogen-bond acceptors (Lipinski definition) is 6. The van der Waals surface area contributed by atoms with Gasteiger partial charge in [0.1, 0.15) is 0 Å². The van der Waals surface area contributed by atoms with Crippen molar-refractivity contribution in [2.24, 2.45) is 0 Å². The van der Waals surface area contributed by atoms with Crippen LogP contribution in [0.15, 0.2) is 0 Å². The van der Waals surface area contributed by atoms with E-state index < -0.39 is 0 Å². The van der Waals surface area contributed by atoms with E-state index in [1.54, 1.807) is 0 Å². The molecular formula is H18N6Zn+2. The largest absolute Gasteiger partial charge is 2.00 e. The van der Waals surface area contributed by atoms with E-state index in [0.29, 0.717) is 0 Å². The van der Waals surface area contributed by atoms with Crippen molar-refractivity contribution in [1.82, 2.24) is 36.9 Å². The van der Waals surface area contributed by atoms with Gasteiger partial charge < -0.3 is 36.9 Å². The van der Waals surface area contributed by atoms with Crippen LogP contribution in [0.25, 0.3) is 0 Å². The third kappa shape index (κ3) is 834. The van der Waals surface area contributed by atoms with Crippen LogP contribution in [0.1, 0.15) is 0 Å². The molecule has 0 fully saturated rings. The fraction of sp³-hybridized carbons (Fsp3) is 0. The summed E-state index contributed by atoms with van der Waals surface area (Å²) in [6.07, 6.45) is 0. The SMILES string of the molecule is N.N.N.N.N.N.[Zn+2]. The first kappa shape index (κ1) is 2050. The standard InChI is InChI=1S/6H3N.Zn/h6*1H3;/q;;;;;;+2. The molecule has 18 N–H and O–H groups in total. The quantitative estimate of drug-likeness (QED) is 0.289. The van der Waals surface area contributed by atoms with E-state index in [1.165, 1.54) is 0 Å². The molecule has 0 radical (unpaired) electrons. The molecule has 0 unspecified atom stereocenters. The zero-order chi connectivity index (χ0) is 0. The summed E-state index contributed by atoms with van der Waals surface area (Å²) >= 11 is 0. The van der Waals surface area contributed by atoms with Crippen LogP contribution in [0.4, 0.5) is 0 Å². The summed E-state index contributed by atoms with van der Waals surface area (Å²) in [5.74, 6) is 0. The van der Waals surface area contributed by atoms with E-state index in [0.717, 1.165) is 0 Å². The summed E-state index contributed by atoms with van der Waals surface area (Å²) in [6, 6.07) is 0. The van der Waals surface area contributed by atoms with Gasteiger partial charge in [0.25, 0.3) is 0 Å². The Hall–Kier alpha value is 0.383. The molecule has 0 aromatic heterocycles. The van der Waals surface area contributed by atoms with Crippen LogP contribution < -0.4 is 36.9 Å². The predicted octanol–water partition coefficient (Wildman–Crippen LogP) is 0.969. The van der Waals surface area contributed by atoms with Crippen molar-refractivity contribution in [2.75, 3.05) is 0 Å². The van der Waals surface area contributed by atoms with Gasteiger partial charge in [0.05, 0.1) is 0 Å². The summed E-state index contributed by atoms with van der Waals surface area (Å²) in [6.45, 7) is 0. The maximum Gasteiger partial charge on any atom is 2.00 e. The Balaban J connectivity index is 0. The number of hydrogen-bond donors (Lipinski definition) is 6. The summed E-state index contributed by atoms with van der Waals surface area (Å²) in [7, 11) is 0. The van der Waals surface area contributed by atoms with Gasteiger partial charge in [-0.2, -0.15) is 0 Å². The zero-order valence-corrected chi connectivity index (χ0v) is 7.92. The Labute approximate surface area is 57.1 Å². The Kier molecular flexibility index (Phi) is 368000. The van der Waals surface area contributed by atoms with Gasteiger partial charge in [0.2, 0.25) is 0 Å². The first-order valence-corrected chi connectivity index (χ1v) is 0. The monoisotopic (exact) mass is 166 g/mol. The van der Waals surface area contributed by atoms with E-state index in [1.807, 2.05) is 0 Å². The molecule has 7 heteroatoms. The van der Waals surface area contributed by atoms with E-state index in [2.05, 4.69) is 0 Å². The molecule has 0 heterocycles. The summed E-state index contributed by atoms with van der Waals surface area (Å²) < 4.78 is 0. The smallest absolute Gasteiger partial charge is 0.344 e. The molecule has 0 amide bonds. The molecule has 0 bridgehead atoms. The van der Waals surface area contributed by atoms with Gasteiger partial charge in [-0.05, 0) is 0 Å². The van der Waals surface area contributed by atoms with Crippen LogP contribution >= 0.6 is 0 Å². The second-order valence-corrected chi connectivity index (χ2v) is 0. The van der Waals surface area contributed by atoms with Crippen molar-refractivity contribution in [3.63, 3.8) is 0 Å². The van der Waals surface area contributed by atoms with Crippen molar-refractivity contribution in [1.29, 1.82) is 0 Å². The Morgan fingerprint density at radius 3 is 0.286 bits per heavy atom. The van der Waals surface area contributed by atoms with Crippen molar-refractivity contribution < 1.29 is 19.5 Å². The summed E-state index contributed by atoms with van der Waals surface area (Å²) in [5, 5.41) is 0. The third-order valence-electron chi connectivity index (χ3n) is 0. The van der Waals surface area contributed by atoms with Crippen LogP contribution in [-0.2, 0) is 19.5 Å². The van der Waals surface area contributed by atoms with Gasteiger partial charge in [-0.3, -0.25) is 0 Å². The van der Waals surface area contributed by atoms with E-state index in [9.17, 15) is 0 Å². The Bertz CT molecular complexity index is 4.14. The third-order valence-corrected chi connectivity index (χ3v) is 0. The van der Waals surface area contributed by atoms with Crippen LogP contribution in [0.3, 0.4) is 0 Å². The molecule has 0 rings (SSSR count). The Morgan fingerprint density at radius 2 is 0.286 bits per heavy atom. The van der Waals surface area contributed by atoms with Crippen molar-refractivity contribution in [3.8, 4) is 0 Å². The van der Waals surface area contributed by atoms with Gasteiger partial charge in [-0.25, -0.2) is 0 Å². The van der Waals surface area contributed by atoms with Gasteiger partial charge in [-0.1, -0.05) is 0 Å². The van der Waals surface area contributed by atoms with Gasteiger partial charge >= 0.3 is 19.5 Å². The summed E-state index contributed by atoms with van der Waals surface area (Å²) in [5.41, 5.74) is 0. The first-order valence-electron chi connectivity index (χ1n) is 0. The van der Waals surface area contributed by atoms with Crippen LogP contribution in [0.5, 0.6) is 0 Å². The second kappa shape index (κ2) is 1260. The fourth-order valence-electron chi connectivity index (χ4n) is 0. The topological polar surface area (TPSA) is 210 Å². The molecule has 0 atom stereocenters. The average molecular weight is 168 g/mol. The molecular weight excluding hydrogens is 149 g/mol. The van der Waals surface area contributed by atoms with Crippen molar-refractivity contribution in [3.05, 3.63) is 0 Å². The fourth-order valence-corrected chi connectivity index (χ4v) is 0. The van der Waals surface area contributed by atoms with Crippen LogP contribution in [-0.4, -0.2) is 0 Å². The van der Waals surface area contributed by atoms with E-state index in [-0.39, 0.29) is 56.4 Å². The van der Waals surface area contributed by atoms with Crippen molar-refractivity contribution >= 4 is 0 Å². The van der Waals surface area contributed by atoms with Crippen LogP contribution in [0.2, 0.25) is 0 Å². The van der Waals surface area contributed by atoms with Crippen LogP contribution in [0, 0.1) is 0 Å². The van der Waals surface area contributed by atoms with E-state index in [4.69, 9.17) is 0 Å². The second-order valence-electron chi connectivity index (χ2n) is 0. The molecule has 0 aromatic carbocycles. The molecule has 0 spiro atoms. The first-order chi connectivity index (χ1) is 0. The maximum atomic E-state index is 0. The maximum absolute atomic E-state index is 0. The summed E-state index contributed by atoms with van der Waals surface area (Å²) in [4.78, 5) is 0. The minimum Gasteiger partial charge on any atom is -0.344 e. The molecule has 0 aliphatic heterocycles. The normalized spacial score (nSPS) is 0. The van der Waals surface area contributed by atoms with Gasteiger partial charge in [-0.15, -0.1) is 0 Å². The predicted molar refractivity (Wildman–Crippen MR) is 30.1 cm³/mol. The molecule has 0 aliphatic rings.